The Labute approximate surface area is 116 Å². The number of carbonyl (C=O) groups is 3. The molecule has 0 aliphatic rings. The molecule has 0 aromatic heterocycles. The van der Waals surface area contributed by atoms with Gasteiger partial charge in [-0.25, -0.2) is 4.79 Å². The number of hydrogen-bond acceptors (Lipinski definition) is 3. The number of aliphatic carboxylic acids is 1. The molecule has 0 aliphatic heterocycles. The molecule has 1 rings (SSSR count). The van der Waals surface area contributed by atoms with E-state index in [0.29, 0.717) is 0 Å². The Kier molecular flexibility index (Phi) is 6.02. The third kappa shape index (κ3) is 5.85. The monoisotopic (exact) mass is 279 g/mol. The van der Waals surface area contributed by atoms with Crippen molar-refractivity contribution in [3.63, 3.8) is 0 Å². The second-order valence-electron chi connectivity index (χ2n) is 4.19. The van der Waals surface area contributed by atoms with Crippen LogP contribution in [0.5, 0.6) is 0 Å². The molecule has 0 aliphatic carbocycles. The lowest BCUT2D eigenvalue weighted by Gasteiger charge is -2.18. The molecule has 0 spiro atoms. The molecule has 1 unspecified atom stereocenters. The summed E-state index contributed by atoms with van der Waals surface area (Å²) in [5.41, 5.74) is 5.72. The highest BCUT2D eigenvalue weighted by molar-refractivity contribution is 5.82. The molecule has 0 saturated heterocycles. The van der Waals surface area contributed by atoms with Gasteiger partial charge in [0.05, 0.1) is 12.6 Å². The Morgan fingerprint density at radius 2 is 1.85 bits per heavy atom. The predicted molar refractivity (Wildman–Crippen MR) is 71.8 cm³/mol. The predicted octanol–water partition coefficient (Wildman–Crippen LogP) is 0.377. The molecule has 0 heterocycles. The van der Waals surface area contributed by atoms with Crippen LogP contribution in [-0.2, 0) is 9.59 Å². The van der Waals surface area contributed by atoms with E-state index < -0.39 is 23.9 Å². The lowest BCUT2D eigenvalue weighted by atomic mass is 10.0. The van der Waals surface area contributed by atoms with Crippen molar-refractivity contribution < 1.29 is 19.5 Å². The van der Waals surface area contributed by atoms with Gasteiger partial charge < -0.3 is 21.5 Å². The number of amides is 3. The van der Waals surface area contributed by atoms with E-state index in [-0.39, 0.29) is 19.4 Å². The van der Waals surface area contributed by atoms with Gasteiger partial charge >= 0.3 is 12.0 Å². The van der Waals surface area contributed by atoms with Crippen LogP contribution in [0.15, 0.2) is 30.3 Å². The number of carbonyl (C=O) groups excluding carboxylic acids is 2. The van der Waals surface area contributed by atoms with Gasteiger partial charge in [-0.1, -0.05) is 30.3 Å². The van der Waals surface area contributed by atoms with Crippen molar-refractivity contribution in [3.8, 4) is 0 Å². The van der Waals surface area contributed by atoms with Crippen molar-refractivity contribution in [2.75, 3.05) is 6.54 Å². The summed E-state index contributed by atoms with van der Waals surface area (Å²) in [6.07, 6.45) is 0.180. The fourth-order valence-corrected chi connectivity index (χ4v) is 1.65. The van der Waals surface area contributed by atoms with Crippen LogP contribution in [0.4, 0.5) is 4.79 Å². The lowest BCUT2D eigenvalue weighted by Crippen LogP contribution is -2.42. The fraction of sp³-hybridized carbons (Fsp3) is 0.308. The Bertz CT molecular complexity index is 476. The molecular weight excluding hydrogens is 262 g/mol. The quantitative estimate of drug-likeness (QED) is 0.576. The number of hydrogen-bond donors (Lipinski definition) is 4. The Balaban J connectivity index is 2.65. The molecule has 1 aromatic rings. The summed E-state index contributed by atoms with van der Waals surface area (Å²) >= 11 is 0. The summed E-state index contributed by atoms with van der Waals surface area (Å²) in [7, 11) is 0. The van der Waals surface area contributed by atoms with Crippen molar-refractivity contribution >= 4 is 17.9 Å². The largest absolute Gasteiger partial charge is 0.481 e. The first-order valence-electron chi connectivity index (χ1n) is 6.08. The van der Waals surface area contributed by atoms with Crippen molar-refractivity contribution in [3.05, 3.63) is 35.9 Å². The SMILES string of the molecule is NC(=O)CNC(=O)NC(CCC(=O)O)c1ccccc1. The molecule has 7 nitrogen and oxygen atoms in total. The van der Waals surface area contributed by atoms with Crippen molar-refractivity contribution in [1.82, 2.24) is 10.6 Å². The van der Waals surface area contributed by atoms with Gasteiger partial charge in [-0.05, 0) is 12.0 Å². The minimum absolute atomic E-state index is 0.0737. The van der Waals surface area contributed by atoms with E-state index in [2.05, 4.69) is 10.6 Å². The summed E-state index contributed by atoms with van der Waals surface area (Å²) in [5, 5.41) is 13.7. The number of rotatable bonds is 7. The van der Waals surface area contributed by atoms with Gasteiger partial charge in [0.25, 0.3) is 0 Å². The van der Waals surface area contributed by atoms with E-state index in [9.17, 15) is 14.4 Å². The van der Waals surface area contributed by atoms with Crippen LogP contribution in [0.3, 0.4) is 0 Å². The third-order valence-corrected chi connectivity index (χ3v) is 2.58. The Morgan fingerprint density at radius 3 is 2.40 bits per heavy atom. The smallest absolute Gasteiger partial charge is 0.315 e. The lowest BCUT2D eigenvalue weighted by molar-refractivity contribution is -0.137. The fourth-order valence-electron chi connectivity index (χ4n) is 1.65. The summed E-state index contributed by atoms with van der Waals surface area (Å²) < 4.78 is 0. The molecule has 0 bridgehead atoms. The maximum atomic E-state index is 11.6. The molecule has 7 heteroatoms. The summed E-state index contributed by atoms with van der Waals surface area (Å²) in [5.74, 6) is -1.59. The number of nitrogens with two attached hydrogens (primary N) is 1. The van der Waals surface area contributed by atoms with Crippen LogP contribution in [0, 0.1) is 0 Å². The zero-order valence-corrected chi connectivity index (χ0v) is 10.8. The number of carboxylic acid groups (broad SMARTS) is 1. The second-order valence-corrected chi connectivity index (χ2v) is 4.19. The number of nitrogens with one attached hydrogen (secondary N) is 2. The zero-order chi connectivity index (χ0) is 15.0. The maximum absolute atomic E-state index is 11.6. The van der Waals surface area contributed by atoms with E-state index in [1.165, 1.54) is 0 Å². The molecule has 3 amide bonds. The molecule has 5 N–H and O–H groups in total. The van der Waals surface area contributed by atoms with Crippen molar-refractivity contribution in [1.29, 1.82) is 0 Å². The van der Waals surface area contributed by atoms with E-state index in [0.717, 1.165) is 5.56 Å². The van der Waals surface area contributed by atoms with Crippen LogP contribution in [0.2, 0.25) is 0 Å². The molecule has 108 valence electrons. The van der Waals surface area contributed by atoms with Gasteiger partial charge in [0.1, 0.15) is 0 Å². The van der Waals surface area contributed by atoms with Gasteiger partial charge in [-0.3, -0.25) is 9.59 Å². The molecule has 0 fully saturated rings. The second kappa shape index (κ2) is 7.78. The minimum Gasteiger partial charge on any atom is -0.481 e. The minimum atomic E-state index is -0.940. The molecular formula is C13H17N3O4. The average Bonchev–Trinajstić information content (AvgIpc) is 2.42. The molecule has 0 saturated carbocycles. The molecule has 1 aromatic carbocycles. The topological polar surface area (TPSA) is 122 Å². The standard InChI is InChI=1S/C13H17N3O4/c14-11(17)8-15-13(20)16-10(6-7-12(18)19)9-4-2-1-3-5-9/h1-5,10H,6-8H2,(H2,14,17)(H,18,19)(H2,15,16,20). The van der Waals surface area contributed by atoms with Gasteiger partial charge in [0, 0.05) is 6.42 Å². The normalized spacial score (nSPS) is 11.4. The van der Waals surface area contributed by atoms with Gasteiger partial charge in [0.15, 0.2) is 0 Å². The number of primary amides is 1. The Hall–Kier alpha value is -2.57. The highest BCUT2D eigenvalue weighted by atomic mass is 16.4. The van der Waals surface area contributed by atoms with Crippen LogP contribution < -0.4 is 16.4 Å². The third-order valence-electron chi connectivity index (χ3n) is 2.58. The summed E-state index contributed by atoms with van der Waals surface area (Å²) in [6.45, 7) is -0.272. The zero-order valence-electron chi connectivity index (χ0n) is 10.8. The first-order chi connectivity index (χ1) is 9.49. The van der Waals surface area contributed by atoms with E-state index in [1.807, 2.05) is 6.07 Å². The molecule has 20 heavy (non-hydrogen) atoms. The summed E-state index contributed by atoms with van der Waals surface area (Å²) in [4.78, 5) is 32.8. The Morgan fingerprint density at radius 1 is 1.20 bits per heavy atom. The van der Waals surface area contributed by atoms with Crippen LogP contribution >= 0.6 is 0 Å². The summed E-state index contributed by atoms with van der Waals surface area (Å²) in [6, 6.07) is 7.99. The number of benzene rings is 1. The average molecular weight is 279 g/mol. The highest BCUT2D eigenvalue weighted by Crippen LogP contribution is 2.18. The van der Waals surface area contributed by atoms with Crippen LogP contribution in [0.1, 0.15) is 24.4 Å². The first-order valence-corrected chi connectivity index (χ1v) is 6.08. The van der Waals surface area contributed by atoms with Gasteiger partial charge in [-0.15, -0.1) is 0 Å². The van der Waals surface area contributed by atoms with Gasteiger partial charge in [0.2, 0.25) is 5.91 Å². The number of urea groups is 1. The van der Waals surface area contributed by atoms with Crippen LogP contribution in [0.25, 0.3) is 0 Å². The molecule has 0 radical (unpaired) electrons. The first kappa shape index (κ1) is 15.5. The highest BCUT2D eigenvalue weighted by Gasteiger charge is 2.15. The van der Waals surface area contributed by atoms with Crippen molar-refractivity contribution in [2.45, 2.75) is 18.9 Å². The van der Waals surface area contributed by atoms with E-state index in [4.69, 9.17) is 10.8 Å². The molecule has 1 atom stereocenters. The van der Waals surface area contributed by atoms with E-state index >= 15 is 0 Å². The van der Waals surface area contributed by atoms with E-state index in [1.54, 1.807) is 24.3 Å². The van der Waals surface area contributed by atoms with Crippen LogP contribution in [-0.4, -0.2) is 29.6 Å². The number of carboxylic acids is 1. The maximum Gasteiger partial charge on any atom is 0.315 e. The van der Waals surface area contributed by atoms with Gasteiger partial charge in [-0.2, -0.15) is 0 Å². The van der Waals surface area contributed by atoms with Crippen molar-refractivity contribution in [2.24, 2.45) is 5.73 Å².